The number of ether oxygens (including phenoxy) is 3. The second-order valence-electron chi connectivity index (χ2n) is 7.04. The van der Waals surface area contributed by atoms with Gasteiger partial charge >= 0.3 is 0 Å². The summed E-state index contributed by atoms with van der Waals surface area (Å²) in [6, 6.07) is 3.57. The highest BCUT2D eigenvalue weighted by molar-refractivity contribution is 5.80. The Morgan fingerprint density at radius 1 is 1.11 bits per heavy atom. The summed E-state index contributed by atoms with van der Waals surface area (Å²) in [4.78, 5) is 17.3. The number of amides is 1. The Morgan fingerprint density at radius 3 is 2.25 bits per heavy atom. The molecule has 1 N–H and O–H groups in total. The summed E-state index contributed by atoms with van der Waals surface area (Å²) in [5, 5.41) is 7.27. The smallest absolute Gasteiger partial charge is 0.225 e. The summed E-state index contributed by atoms with van der Waals surface area (Å²) in [6.07, 6.45) is 4.94. The average molecular weight is 389 g/mol. The van der Waals surface area contributed by atoms with Gasteiger partial charge in [0.05, 0.1) is 27.8 Å². The van der Waals surface area contributed by atoms with Crippen LogP contribution in [0.15, 0.2) is 16.7 Å². The molecule has 0 atom stereocenters. The Kier molecular flexibility index (Phi) is 6.06. The summed E-state index contributed by atoms with van der Waals surface area (Å²) >= 11 is 0. The molecule has 2 aromatic rings. The molecule has 1 aromatic carbocycles. The van der Waals surface area contributed by atoms with Gasteiger partial charge in [0.15, 0.2) is 17.3 Å². The maximum absolute atomic E-state index is 12.9. The number of nitrogens with zero attached hydrogens (tertiary/aromatic N) is 2. The molecule has 1 amide bonds. The number of aryl methyl sites for hydroxylation is 1. The van der Waals surface area contributed by atoms with Crippen LogP contribution in [0.3, 0.4) is 0 Å². The van der Waals surface area contributed by atoms with Crippen LogP contribution in [0.5, 0.6) is 17.2 Å². The normalized spacial score (nSPS) is 15.7. The van der Waals surface area contributed by atoms with Crippen LogP contribution in [-0.2, 0) is 16.8 Å². The zero-order valence-electron chi connectivity index (χ0n) is 16.8. The largest absolute Gasteiger partial charge is 0.493 e. The van der Waals surface area contributed by atoms with Crippen LogP contribution < -0.4 is 19.5 Å². The Bertz CT molecular complexity index is 802. The molecule has 1 fully saturated rings. The van der Waals surface area contributed by atoms with Crippen molar-refractivity contribution in [3.63, 3.8) is 0 Å². The van der Waals surface area contributed by atoms with Crippen LogP contribution in [0.1, 0.15) is 49.4 Å². The highest BCUT2D eigenvalue weighted by Gasteiger charge is 2.39. The third-order valence-corrected chi connectivity index (χ3v) is 5.13. The number of carbonyl (C=O) groups is 1. The summed E-state index contributed by atoms with van der Waals surface area (Å²) < 4.78 is 21.3. The van der Waals surface area contributed by atoms with Crippen molar-refractivity contribution in [2.45, 2.75) is 51.0 Å². The highest BCUT2D eigenvalue weighted by Crippen LogP contribution is 2.39. The van der Waals surface area contributed by atoms with E-state index in [2.05, 4.69) is 15.5 Å². The molecule has 0 spiro atoms. The minimum Gasteiger partial charge on any atom is -0.493 e. The quantitative estimate of drug-likeness (QED) is 0.778. The maximum Gasteiger partial charge on any atom is 0.225 e. The third kappa shape index (κ3) is 4.05. The van der Waals surface area contributed by atoms with Gasteiger partial charge in [-0.15, -0.1) is 0 Å². The van der Waals surface area contributed by atoms with Gasteiger partial charge in [0.1, 0.15) is 5.54 Å². The van der Waals surface area contributed by atoms with Crippen molar-refractivity contribution in [3.05, 3.63) is 29.4 Å². The topological polar surface area (TPSA) is 95.7 Å². The van der Waals surface area contributed by atoms with Gasteiger partial charge < -0.3 is 24.1 Å². The van der Waals surface area contributed by atoms with Crippen LogP contribution in [0, 0.1) is 6.92 Å². The minimum atomic E-state index is -0.576. The lowest BCUT2D eigenvalue weighted by Crippen LogP contribution is -2.48. The lowest BCUT2D eigenvalue weighted by Gasteiger charge is -2.35. The number of methoxy groups -OCH3 is 3. The summed E-state index contributed by atoms with van der Waals surface area (Å²) in [6.45, 7) is 1.75. The van der Waals surface area contributed by atoms with Gasteiger partial charge in [-0.1, -0.05) is 24.4 Å². The first kappa shape index (κ1) is 20.0. The Balaban J connectivity index is 1.82. The molecule has 152 valence electrons. The molecule has 0 saturated heterocycles. The molecule has 0 aliphatic heterocycles. The summed E-state index contributed by atoms with van der Waals surface area (Å²) in [5.74, 6) is 2.48. The van der Waals surface area contributed by atoms with Crippen LogP contribution in [-0.4, -0.2) is 37.4 Å². The Morgan fingerprint density at radius 2 is 1.75 bits per heavy atom. The van der Waals surface area contributed by atoms with Gasteiger partial charge in [-0.05, 0) is 30.5 Å². The molecule has 0 radical (unpaired) electrons. The maximum atomic E-state index is 12.9. The Labute approximate surface area is 164 Å². The molecule has 8 heteroatoms. The van der Waals surface area contributed by atoms with E-state index < -0.39 is 5.54 Å². The fourth-order valence-corrected chi connectivity index (χ4v) is 3.79. The number of benzene rings is 1. The fraction of sp³-hybridized carbons (Fsp3) is 0.550. The first-order valence-electron chi connectivity index (χ1n) is 9.42. The minimum absolute atomic E-state index is 0.112. The van der Waals surface area contributed by atoms with E-state index >= 15 is 0 Å². The lowest BCUT2D eigenvalue weighted by atomic mass is 9.80. The van der Waals surface area contributed by atoms with E-state index in [9.17, 15) is 4.79 Å². The summed E-state index contributed by atoms with van der Waals surface area (Å²) in [5.41, 5.74) is 0.190. The second kappa shape index (κ2) is 8.50. The molecule has 3 rings (SSSR count). The average Bonchev–Trinajstić information content (AvgIpc) is 3.14. The highest BCUT2D eigenvalue weighted by atomic mass is 16.5. The monoisotopic (exact) mass is 389 g/mol. The van der Waals surface area contributed by atoms with E-state index in [0.29, 0.717) is 29.0 Å². The summed E-state index contributed by atoms with van der Waals surface area (Å²) in [7, 11) is 4.65. The van der Waals surface area contributed by atoms with E-state index in [4.69, 9.17) is 18.7 Å². The number of rotatable bonds is 7. The molecule has 1 saturated carbocycles. The van der Waals surface area contributed by atoms with Crippen molar-refractivity contribution >= 4 is 5.91 Å². The molecular formula is C20H27N3O5. The first-order chi connectivity index (χ1) is 13.5. The van der Waals surface area contributed by atoms with Gasteiger partial charge in [-0.2, -0.15) is 4.98 Å². The molecule has 8 nitrogen and oxygen atoms in total. The van der Waals surface area contributed by atoms with Crippen molar-refractivity contribution in [2.24, 2.45) is 0 Å². The van der Waals surface area contributed by atoms with E-state index in [1.807, 2.05) is 0 Å². The zero-order valence-corrected chi connectivity index (χ0v) is 16.8. The van der Waals surface area contributed by atoms with Crippen LogP contribution in [0.2, 0.25) is 0 Å². The predicted octanol–water partition coefficient (Wildman–Crippen LogP) is 2.92. The third-order valence-electron chi connectivity index (χ3n) is 5.13. The molecule has 1 aliphatic rings. The van der Waals surface area contributed by atoms with Crippen molar-refractivity contribution in [2.75, 3.05) is 21.3 Å². The molecule has 28 heavy (non-hydrogen) atoms. The zero-order chi connectivity index (χ0) is 20.1. The van der Waals surface area contributed by atoms with E-state index in [0.717, 1.165) is 37.7 Å². The van der Waals surface area contributed by atoms with Crippen LogP contribution in [0.4, 0.5) is 0 Å². The van der Waals surface area contributed by atoms with Crippen LogP contribution >= 0.6 is 0 Å². The number of nitrogens with one attached hydrogen (secondary N) is 1. The van der Waals surface area contributed by atoms with E-state index in [1.165, 1.54) is 0 Å². The molecule has 0 bridgehead atoms. The SMILES string of the molecule is COc1cc(CC(=O)NC2(c3noc(C)n3)CCCCC2)cc(OC)c1OC. The molecule has 1 aromatic heterocycles. The van der Waals surface area contributed by atoms with E-state index in [-0.39, 0.29) is 12.3 Å². The standard InChI is InChI=1S/C20H27N3O5/c1-13-21-19(23-28-13)20(8-6-5-7-9-20)22-17(24)12-14-10-15(25-2)18(27-4)16(11-14)26-3/h10-11H,5-9,12H2,1-4H3,(H,22,24). The number of aromatic nitrogens is 2. The first-order valence-corrected chi connectivity index (χ1v) is 9.42. The van der Waals surface area contributed by atoms with Crippen molar-refractivity contribution in [1.82, 2.24) is 15.5 Å². The van der Waals surface area contributed by atoms with Crippen molar-refractivity contribution < 1.29 is 23.5 Å². The number of hydrogen-bond acceptors (Lipinski definition) is 7. The lowest BCUT2D eigenvalue weighted by molar-refractivity contribution is -0.123. The molecule has 0 unspecified atom stereocenters. The molecule has 1 heterocycles. The number of hydrogen-bond donors (Lipinski definition) is 1. The molecule has 1 aliphatic carbocycles. The predicted molar refractivity (Wildman–Crippen MR) is 102 cm³/mol. The van der Waals surface area contributed by atoms with Crippen LogP contribution in [0.25, 0.3) is 0 Å². The van der Waals surface area contributed by atoms with Gasteiger partial charge in [0.2, 0.25) is 17.5 Å². The van der Waals surface area contributed by atoms with Gasteiger partial charge in [-0.3, -0.25) is 4.79 Å². The van der Waals surface area contributed by atoms with Gasteiger partial charge in [0, 0.05) is 6.92 Å². The second-order valence-corrected chi connectivity index (χ2v) is 7.04. The van der Waals surface area contributed by atoms with Crippen molar-refractivity contribution in [1.29, 1.82) is 0 Å². The van der Waals surface area contributed by atoms with Gasteiger partial charge in [0.25, 0.3) is 0 Å². The van der Waals surface area contributed by atoms with E-state index in [1.54, 1.807) is 40.4 Å². The molecular weight excluding hydrogens is 362 g/mol. The fourth-order valence-electron chi connectivity index (χ4n) is 3.79. The van der Waals surface area contributed by atoms with Gasteiger partial charge in [-0.25, -0.2) is 0 Å². The van der Waals surface area contributed by atoms with Crippen molar-refractivity contribution in [3.8, 4) is 17.2 Å². The number of carbonyl (C=O) groups excluding carboxylic acids is 1. The Hall–Kier alpha value is -2.77.